The summed E-state index contributed by atoms with van der Waals surface area (Å²) in [5.74, 6) is -0.818. The minimum Gasteiger partial charge on any atom is -0.459 e. The van der Waals surface area contributed by atoms with Crippen molar-refractivity contribution in [3.8, 4) is 0 Å². The first-order chi connectivity index (χ1) is 8.97. The van der Waals surface area contributed by atoms with Crippen molar-refractivity contribution in [3.05, 3.63) is 43.7 Å². The molecule has 2 aliphatic rings. The van der Waals surface area contributed by atoms with Crippen LogP contribution in [-0.2, 0) is 14.3 Å². The van der Waals surface area contributed by atoms with Crippen LogP contribution in [0.1, 0.15) is 6.42 Å². The fraction of sp³-hybridized carbons (Fsp3) is 0.500. The van der Waals surface area contributed by atoms with Gasteiger partial charge in [0.15, 0.2) is 0 Å². The van der Waals surface area contributed by atoms with Crippen molar-refractivity contribution in [2.24, 2.45) is 0 Å². The van der Waals surface area contributed by atoms with Gasteiger partial charge in [-0.15, -0.1) is 0 Å². The molecule has 2 atom stereocenters. The molecule has 0 amide bonds. The molecule has 19 heavy (non-hydrogen) atoms. The van der Waals surface area contributed by atoms with E-state index < -0.39 is 21.9 Å². The molecule has 0 saturated carbocycles. The summed E-state index contributed by atoms with van der Waals surface area (Å²) in [4.78, 5) is 31.6. The minimum atomic E-state index is -1.29. The van der Waals surface area contributed by atoms with Gasteiger partial charge in [0, 0.05) is 17.1 Å². The van der Waals surface area contributed by atoms with Crippen LogP contribution in [-0.4, -0.2) is 41.2 Å². The molecule has 1 saturated heterocycles. The molecule has 1 fully saturated rings. The Hall–Kier alpha value is -2.29. The fourth-order valence-corrected chi connectivity index (χ4v) is 1.57. The van der Waals surface area contributed by atoms with E-state index in [-0.39, 0.29) is 30.4 Å². The van der Waals surface area contributed by atoms with Gasteiger partial charge in [-0.1, -0.05) is 0 Å². The molecule has 0 N–H and O–H groups in total. The van der Waals surface area contributed by atoms with E-state index in [1.165, 1.54) is 0 Å². The smallest absolute Gasteiger partial charge is 0.338 e. The molecular formula is C10H10N2O7. The average Bonchev–Trinajstić information content (AvgIpc) is 3.19. The molecule has 102 valence electrons. The molecule has 9 heteroatoms. The zero-order valence-electron chi connectivity index (χ0n) is 9.68. The number of rotatable bonds is 5. The van der Waals surface area contributed by atoms with Crippen LogP contribution in [0.3, 0.4) is 0 Å². The molecule has 0 spiro atoms. The van der Waals surface area contributed by atoms with Crippen molar-refractivity contribution >= 4 is 5.97 Å². The van der Waals surface area contributed by atoms with E-state index >= 15 is 0 Å². The van der Waals surface area contributed by atoms with Crippen LogP contribution in [0.25, 0.3) is 0 Å². The summed E-state index contributed by atoms with van der Waals surface area (Å²) in [5, 5.41) is 21.4. The SMILES string of the molecule is O=C(OCC1CO1)C1=CC([N+](=O)[O-])CC([N+](=O)[O-])=C1. The van der Waals surface area contributed by atoms with E-state index in [4.69, 9.17) is 9.47 Å². The van der Waals surface area contributed by atoms with E-state index in [0.29, 0.717) is 6.61 Å². The van der Waals surface area contributed by atoms with Gasteiger partial charge in [0.2, 0.25) is 6.04 Å². The van der Waals surface area contributed by atoms with Gasteiger partial charge < -0.3 is 9.47 Å². The van der Waals surface area contributed by atoms with E-state index in [1.54, 1.807) is 0 Å². The number of carbonyl (C=O) groups excluding carboxylic acids is 1. The predicted molar refractivity (Wildman–Crippen MR) is 59.3 cm³/mol. The molecule has 1 aliphatic heterocycles. The standard InChI is InChI=1S/C10H10N2O7/c13-10(19-5-9-4-18-9)6-1-7(11(14)15)3-8(2-6)12(16)17/h1-2,7,9H,3-5H2. The summed E-state index contributed by atoms with van der Waals surface area (Å²) in [5.41, 5.74) is -0.542. The second-order valence-electron chi connectivity index (χ2n) is 4.13. The molecule has 1 heterocycles. The van der Waals surface area contributed by atoms with E-state index in [2.05, 4.69) is 0 Å². The molecule has 0 radical (unpaired) electrons. The highest BCUT2D eigenvalue weighted by Gasteiger charge is 2.33. The lowest BCUT2D eigenvalue weighted by Crippen LogP contribution is -2.25. The number of hydrogen-bond acceptors (Lipinski definition) is 7. The number of hydrogen-bond donors (Lipinski definition) is 0. The van der Waals surface area contributed by atoms with Gasteiger partial charge in [0.25, 0.3) is 5.70 Å². The minimum absolute atomic E-state index is 0.0426. The normalized spacial score (nSPS) is 25.1. The summed E-state index contributed by atoms with van der Waals surface area (Å²) in [6.07, 6.45) is 1.60. The number of nitrogens with zero attached hydrogens (tertiary/aromatic N) is 2. The second kappa shape index (κ2) is 5.14. The molecule has 9 nitrogen and oxygen atoms in total. The first-order valence-corrected chi connectivity index (χ1v) is 5.46. The Bertz CT molecular complexity index is 492. The van der Waals surface area contributed by atoms with E-state index in [1.807, 2.05) is 0 Å². The zero-order valence-corrected chi connectivity index (χ0v) is 9.68. The summed E-state index contributed by atoms with van der Waals surface area (Å²) in [6.45, 7) is 0.542. The highest BCUT2D eigenvalue weighted by molar-refractivity contribution is 5.92. The third kappa shape index (κ3) is 3.35. The molecule has 0 aromatic heterocycles. The van der Waals surface area contributed by atoms with Crippen molar-refractivity contribution in [1.29, 1.82) is 0 Å². The van der Waals surface area contributed by atoms with Gasteiger partial charge in [-0.2, -0.15) is 0 Å². The van der Waals surface area contributed by atoms with Crippen molar-refractivity contribution in [2.45, 2.75) is 18.6 Å². The van der Waals surface area contributed by atoms with Crippen LogP contribution in [0.2, 0.25) is 0 Å². The van der Waals surface area contributed by atoms with Crippen molar-refractivity contribution in [3.63, 3.8) is 0 Å². The monoisotopic (exact) mass is 270 g/mol. The van der Waals surface area contributed by atoms with E-state index in [9.17, 15) is 25.0 Å². The van der Waals surface area contributed by atoms with Gasteiger partial charge in [-0.3, -0.25) is 20.2 Å². The topological polar surface area (TPSA) is 125 Å². The molecule has 1 aliphatic carbocycles. The van der Waals surface area contributed by atoms with Gasteiger partial charge in [-0.25, -0.2) is 4.79 Å². The van der Waals surface area contributed by atoms with Crippen LogP contribution in [0.5, 0.6) is 0 Å². The lowest BCUT2D eigenvalue weighted by Gasteiger charge is -2.11. The van der Waals surface area contributed by atoms with Crippen LogP contribution < -0.4 is 0 Å². The average molecular weight is 270 g/mol. The van der Waals surface area contributed by atoms with Crippen LogP contribution in [0, 0.1) is 20.2 Å². The third-order valence-electron chi connectivity index (χ3n) is 2.66. The Labute approximate surface area is 106 Å². The summed E-state index contributed by atoms with van der Waals surface area (Å²) in [6, 6.07) is -1.29. The van der Waals surface area contributed by atoms with Gasteiger partial charge in [0.1, 0.15) is 19.1 Å². The van der Waals surface area contributed by atoms with Gasteiger partial charge >= 0.3 is 5.97 Å². The van der Waals surface area contributed by atoms with Crippen molar-refractivity contribution in [2.75, 3.05) is 13.2 Å². The number of nitro groups is 2. The second-order valence-corrected chi connectivity index (χ2v) is 4.13. The Morgan fingerprint density at radius 1 is 1.47 bits per heavy atom. The Balaban J connectivity index is 2.11. The predicted octanol–water partition coefficient (Wildman–Crippen LogP) is 0.0644. The molecule has 0 aromatic rings. The quantitative estimate of drug-likeness (QED) is 0.299. The lowest BCUT2D eigenvalue weighted by molar-refractivity contribution is -0.518. The van der Waals surface area contributed by atoms with Gasteiger partial charge in [0.05, 0.1) is 17.1 Å². The Kier molecular flexibility index (Phi) is 3.56. The molecule has 0 aromatic carbocycles. The molecule has 2 rings (SSSR count). The summed E-state index contributed by atoms with van der Waals surface area (Å²) in [7, 11) is 0. The maximum absolute atomic E-state index is 11.6. The van der Waals surface area contributed by atoms with Crippen molar-refractivity contribution in [1.82, 2.24) is 0 Å². The third-order valence-corrected chi connectivity index (χ3v) is 2.66. The van der Waals surface area contributed by atoms with Crippen molar-refractivity contribution < 1.29 is 24.1 Å². The maximum atomic E-state index is 11.6. The van der Waals surface area contributed by atoms with Crippen LogP contribution in [0.4, 0.5) is 0 Å². The van der Waals surface area contributed by atoms with Crippen LogP contribution in [0.15, 0.2) is 23.4 Å². The zero-order chi connectivity index (χ0) is 14.0. The molecular weight excluding hydrogens is 260 g/mol. The maximum Gasteiger partial charge on any atom is 0.338 e. The Morgan fingerprint density at radius 2 is 2.16 bits per heavy atom. The highest BCUT2D eigenvalue weighted by atomic mass is 16.6. The van der Waals surface area contributed by atoms with Gasteiger partial charge in [-0.05, 0) is 0 Å². The number of ether oxygens (including phenoxy) is 2. The Morgan fingerprint density at radius 3 is 2.68 bits per heavy atom. The number of carbonyl (C=O) groups is 1. The highest BCUT2D eigenvalue weighted by Crippen LogP contribution is 2.21. The fourth-order valence-electron chi connectivity index (χ4n) is 1.57. The largest absolute Gasteiger partial charge is 0.459 e. The first kappa shape index (κ1) is 13.1. The summed E-state index contributed by atoms with van der Waals surface area (Å²) < 4.78 is 9.68. The van der Waals surface area contributed by atoms with E-state index in [0.717, 1.165) is 12.2 Å². The number of epoxide rings is 1. The lowest BCUT2D eigenvalue weighted by atomic mass is 10.0. The summed E-state index contributed by atoms with van der Waals surface area (Å²) >= 11 is 0. The molecule has 2 unspecified atom stereocenters. The first-order valence-electron chi connectivity index (χ1n) is 5.46. The number of esters is 1. The van der Waals surface area contributed by atoms with Crippen LogP contribution >= 0.6 is 0 Å². The molecule has 0 bridgehead atoms.